The molecule has 0 saturated carbocycles. The van der Waals surface area contributed by atoms with Crippen LogP contribution in [0.3, 0.4) is 0 Å². The molecule has 1 atom stereocenters. The average molecular weight is 262 g/mol. The summed E-state index contributed by atoms with van der Waals surface area (Å²) in [5.74, 6) is 0.273. The van der Waals surface area contributed by atoms with Gasteiger partial charge in [0, 0.05) is 24.4 Å². The van der Waals surface area contributed by atoms with E-state index in [0.29, 0.717) is 31.9 Å². The molecule has 0 spiro atoms. The van der Waals surface area contributed by atoms with E-state index in [0.717, 1.165) is 5.56 Å². The van der Waals surface area contributed by atoms with Crippen LogP contribution in [0.15, 0.2) is 24.3 Å². The van der Waals surface area contributed by atoms with Crippen LogP contribution in [-0.2, 0) is 16.1 Å². The number of carbonyl (C=O) groups is 2. The first kappa shape index (κ1) is 13.5. The molecule has 5 nitrogen and oxygen atoms in total. The molecule has 102 valence electrons. The molecule has 2 N–H and O–H groups in total. The fourth-order valence-corrected chi connectivity index (χ4v) is 2.14. The van der Waals surface area contributed by atoms with Crippen LogP contribution in [0.25, 0.3) is 0 Å². The molecule has 2 amide bonds. The van der Waals surface area contributed by atoms with Crippen molar-refractivity contribution in [3.8, 4) is 5.75 Å². The van der Waals surface area contributed by atoms with Crippen LogP contribution in [-0.4, -0.2) is 29.9 Å². The van der Waals surface area contributed by atoms with E-state index in [1.165, 1.54) is 4.90 Å². The molecule has 1 unspecified atom stereocenters. The van der Waals surface area contributed by atoms with Gasteiger partial charge in [0.15, 0.2) is 0 Å². The SMILES string of the molecule is CC1CC(=O)N(CCOc2ccccc2CN)C1=O. The molecular formula is C14H18N2O3. The largest absolute Gasteiger partial charge is 0.491 e. The Hall–Kier alpha value is -1.88. The van der Waals surface area contributed by atoms with Gasteiger partial charge in [-0.2, -0.15) is 0 Å². The van der Waals surface area contributed by atoms with Crippen LogP contribution >= 0.6 is 0 Å². The van der Waals surface area contributed by atoms with Crippen LogP contribution in [0.4, 0.5) is 0 Å². The van der Waals surface area contributed by atoms with E-state index in [1.807, 2.05) is 24.3 Å². The molecule has 1 heterocycles. The van der Waals surface area contributed by atoms with Gasteiger partial charge < -0.3 is 10.5 Å². The minimum atomic E-state index is -0.205. The van der Waals surface area contributed by atoms with Crippen molar-refractivity contribution >= 4 is 11.8 Å². The standard InChI is InChI=1S/C14H18N2O3/c1-10-8-13(17)16(14(10)18)6-7-19-12-5-3-2-4-11(12)9-15/h2-5,10H,6-9,15H2,1H3. The fraction of sp³-hybridized carbons (Fsp3) is 0.429. The van der Waals surface area contributed by atoms with Gasteiger partial charge >= 0.3 is 0 Å². The summed E-state index contributed by atoms with van der Waals surface area (Å²) >= 11 is 0. The molecule has 1 aromatic rings. The zero-order valence-corrected chi connectivity index (χ0v) is 11.0. The fourth-order valence-electron chi connectivity index (χ4n) is 2.14. The van der Waals surface area contributed by atoms with Crippen LogP contribution in [0.1, 0.15) is 18.9 Å². The molecule has 0 aromatic heterocycles. The van der Waals surface area contributed by atoms with Gasteiger partial charge in [0.1, 0.15) is 12.4 Å². The predicted molar refractivity (Wildman–Crippen MR) is 70.3 cm³/mol. The summed E-state index contributed by atoms with van der Waals surface area (Å²) in [5.41, 5.74) is 6.52. The highest BCUT2D eigenvalue weighted by atomic mass is 16.5. The third-order valence-electron chi connectivity index (χ3n) is 3.23. The summed E-state index contributed by atoms with van der Waals surface area (Å²) in [7, 11) is 0. The zero-order chi connectivity index (χ0) is 13.8. The maximum Gasteiger partial charge on any atom is 0.232 e. The second kappa shape index (κ2) is 5.84. The average Bonchev–Trinajstić information content (AvgIpc) is 2.65. The third kappa shape index (κ3) is 2.93. The summed E-state index contributed by atoms with van der Waals surface area (Å²) in [6.07, 6.45) is 0.304. The van der Waals surface area contributed by atoms with Gasteiger partial charge in [-0.25, -0.2) is 0 Å². The van der Waals surface area contributed by atoms with Gasteiger partial charge in [0.2, 0.25) is 11.8 Å². The Morgan fingerprint density at radius 3 is 2.74 bits per heavy atom. The van der Waals surface area contributed by atoms with Gasteiger partial charge in [-0.3, -0.25) is 14.5 Å². The van der Waals surface area contributed by atoms with Crippen molar-refractivity contribution in [2.45, 2.75) is 19.9 Å². The number of carbonyl (C=O) groups excluding carboxylic acids is 2. The quantitative estimate of drug-likeness (QED) is 0.801. The first-order valence-corrected chi connectivity index (χ1v) is 6.38. The number of imide groups is 1. The van der Waals surface area contributed by atoms with E-state index < -0.39 is 0 Å². The smallest absolute Gasteiger partial charge is 0.232 e. The second-order valence-corrected chi connectivity index (χ2v) is 4.65. The normalized spacial score (nSPS) is 19.1. The van der Waals surface area contributed by atoms with Crippen molar-refractivity contribution in [1.29, 1.82) is 0 Å². The predicted octanol–water partition coefficient (Wildman–Crippen LogP) is 0.919. The van der Waals surface area contributed by atoms with Crippen LogP contribution in [0.2, 0.25) is 0 Å². The minimum Gasteiger partial charge on any atom is -0.491 e. The van der Waals surface area contributed by atoms with Crippen molar-refractivity contribution < 1.29 is 14.3 Å². The Balaban J connectivity index is 1.90. The highest BCUT2D eigenvalue weighted by Gasteiger charge is 2.35. The van der Waals surface area contributed by atoms with Crippen LogP contribution in [0.5, 0.6) is 5.75 Å². The van der Waals surface area contributed by atoms with E-state index in [-0.39, 0.29) is 17.7 Å². The maximum atomic E-state index is 11.7. The summed E-state index contributed by atoms with van der Waals surface area (Å²) < 4.78 is 5.60. The first-order chi connectivity index (χ1) is 9.13. The zero-order valence-electron chi connectivity index (χ0n) is 11.0. The highest BCUT2D eigenvalue weighted by Crippen LogP contribution is 2.20. The Morgan fingerprint density at radius 2 is 2.11 bits per heavy atom. The Morgan fingerprint density at radius 1 is 1.37 bits per heavy atom. The summed E-state index contributed by atoms with van der Waals surface area (Å²) in [6, 6.07) is 7.48. The molecule has 0 bridgehead atoms. The number of hydrogen-bond acceptors (Lipinski definition) is 4. The molecule has 0 radical (unpaired) electrons. The Kier molecular flexibility index (Phi) is 4.16. The number of nitrogens with two attached hydrogens (primary N) is 1. The number of rotatable bonds is 5. The lowest BCUT2D eigenvalue weighted by molar-refractivity contribution is -0.139. The van der Waals surface area contributed by atoms with Gasteiger partial charge in [0.05, 0.1) is 6.54 Å². The minimum absolute atomic E-state index is 0.110. The molecule has 0 aliphatic carbocycles. The van der Waals surface area contributed by atoms with E-state index in [9.17, 15) is 9.59 Å². The molecule has 5 heteroatoms. The van der Waals surface area contributed by atoms with E-state index in [1.54, 1.807) is 6.92 Å². The van der Waals surface area contributed by atoms with Gasteiger partial charge in [-0.05, 0) is 6.07 Å². The molecule has 1 aliphatic heterocycles. The molecule has 1 fully saturated rings. The molecule has 19 heavy (non-hydrogen) atoms. The lowest BCUT2D eigenvalue weighted by Crippen LogP contribution is -2.34. The van der Waals surface area contributed by atoms with Crippen LogP contribution < -0.4 is 10.5 Å². The van der Waals surface area contributed by atoms with Crippen molar-refractivity contribution in [2.24, 2.45) is 11.7 Å². The number of benzene rings is 1. The lowest BCUT2D eigenvalue weighted by atomic mass is 10.1. The molecule has 1 aromatic carbocycles. The van der Waals surface area contributed by atoms with Gasteiger partial charge in [-0.15, -0.1) is 0 Å². The van der Waals surface area contributed by atoms with Crippen molar-refractivity contribution in [2.75, 3.05) is 13.2 Å². The number of nitrogens with zero attached hydrogens (tertiary/aromatic N) is 1. The number of ether oxygens (including phenoxy) is 1. The van der Waals surface area contributed by atoms with E-state index >= 15 is 0 Å². The van der Waals surface area contributed by atoms with Gasteiger partial charge in [0.25, 0.3) is 0 Å². The monoisotopic (exact) mass is 262 g/mol. The lowest BCUT2D eigenvalue weighted by Gasteiger charge is -2.16. The number of amides is 2. The topological polar surface area (TPSA) is 72.6 Å². The molecule has 1 saturated heterocycles. The Bertz CT molecular complexity index is 487. The summed E-state index contributed by atoms with van der Waals surface area (Å²) in [5, 5.41) is 0. The molecular weight excluding hydrogens is 244 g/mol. The highest BCUT2D eigenvalue weighted by molar-refractivity contribution is 6.03. The van der Waals surface area contributed by atoms with Gasteiger partial charge in [-0.1, -0.05) is 25.1 Å². The maximum absolute atomic E-state index is 11.7. The first-order valence-electron chi connectivity index (χ1n) is 6.38. The number of para-hydroxylation sites is 1. The van der Waals surface area contributed by atoms with E-state index in [2.05, 4.69) is 0 Å². The second-order valence-electron chi connectivity index (χ2n) is 4.65. The van der Waals surface area contributed by atoms with Crippen molar-refractivity contribution in [3.63, 3.8) is 0 Å². The Labute approximate surface area is 112 Å². The van der Waals surface area contributed by atoms with Crippen molar-refractivity contribution in [1.82, 2.24) is 4.90 Å². The molecule has 1 aliphatic rings. The molecule has 2 rings (SSSR count). The number of hydrogen-bond donors (Lipinski definition) is 1. The van der Waals surface area contributed by atoms with Crippen LogP contribution in [0, 0.1) is 5.92 Å². The summed E-state index contributed by atoms with van der Waals surface area (Å²) in [4.78, 5) is 24.6. The van der Waals surface area contributed by atoms with Crippen molar-refractivity contribution in [3.05, 3.63) is 29.8 Å². The third-order valence-corrected chi connectivity index (χ3v) is 3.23. The number of likely N-dealkylation sites (tertiary alicyclic amines) is 1. The van der Waals surface area contributed by atoms with E-state index in [4.69, 9.17) is 10.5 Å². The summed E-state index contributed by atoms with van der Waals surface area (Å²) in [6.45, 7) is 2.75.